The van der Waals surface area contributed by atoms with Crippen LogP contribution in [0.4, 0.5) is 27.6 Å². The first-order valence-corrected chi connectivity index (χ1v) is 14.7. The maximum Gasteiger partial charge on any atom is 0.401 e. The number of hydrogen-bond acceptors (Lipinski definition) is 4. The standard InChI is InChI=1S/C33H36F5N3O/c34-28-18-25(40-14-4-10-32(12-16-40)11-13-39-21-32)19-29(35)30(28)31-27-8-7-26(42-20-23-5-2-1-3-6-23)17-24(27)9-15-41(31)22-33(36,37)38/h1-3,5-8,17-19,31,39H,4,9-16,20-22H2. The summed E-state index contributed by atoms with van der Waals surface area (Å²) in [4.78, 5) is 3.15. The number of nitrogens with one attached hydrogen (secondary N) is 1. The minimum Gasteiger partial charge on any atom is -0.489 e. The van der Waals surface area contributed by atoms with Crippen molar-refractivity contribution in [3.05, 3.63) is 94.6 Å². The summed E-state index contributed by atoms with van der Waals surface area (Å²) in [6.07, 6.45) is -0.153. The van der Waals surface area contributed by atoms with Gasteiger partial charge in [-0.2, -0.15) is 13.2 Å². The predicted molar refractivity (Wildman–Crippen MR) is 153 cm³/mol. The molecule has 42 heavy (non-hydrogen) atoms. The van der Waals surface area contributed by atoms with Gasteiger partial charge < -0.3 is 15.0 Å². The second-order valence-electron chi connectivity index (χ2n) is 12.0. The lowest BCUT2D eigenvalue weighted by Gasteiger charge is -2.38. The number of nitrogens with zero attached hydrogens (tertiary/aromatic N) is 2. The van der Waals surface area contributed by atoms with Gasteiger partial charge in [0, 0.05) is 37.4 Å². The Balaban J connectivity index is 1.29. The molecule has 3 heterocycles. The van der Waals surface area contributed by atoms with E-state index in [4.69, 9.17) is 4.74 Å². The van der Waals surface area contributed by atoms with Crippen LogP contribution in [0.5, 0.6) is 5.75 Å². The van der Waals surface area contributed by atoms with Gasteiger partial charge in [0.2, 0.25) is 0 Å². The van der Waals surface area contributed by atoms with E-state index in [9.17, 15) is 13.2 Å². The molecule has 4 nitrogen and oxygen atoms in total. The van der Waals surface area contributed by atoms with E-state index in [2.05, 4.69) is 5.32 Å². The van der Waals surface area contributed by atoms with E-state index >= 15 is 8.78 Å². The summed E-state index contributed by atoms with van der Waals surface area (Å²) in [6.45, 7) is 2.44. The second kappa shape index (κ2) is 11.8. The topological polar surface area (TPSA) is 27.7 Å². The van der Waals surface area contributed by atoms with Crippen LogP contribution in [-0.2, 0) is 13.0 Å². The number of fused-ring (bicyclic) bond motifs is 1. The zero-order chi connectivity index (χ0) is 29.3. The van der Waals surface area contributed by atoms with E-state index in [1.165, 1.54) is 12.1 Å². The van der Waals surface area contributed by atoms with Crippen LogP contribution in [0.15, 0.2) is 60.7 Å². The summed E-state index contributed by atoms with van der Waals surface area (Å²) >= 11 is 0. The fourth-order valence-corrected chi connectivity index (χ4v) is 6.97. The Kier molecular flexibility index (Phi) is 8.16. The normalized spacial score (nSPS) is 23.2. The molecular formula is C33H36F5N3O. The monoisotopic (exact) mass is 585 g/mol. The molecule has 0 radical (unpaired) electrons. The van der Waals surface area contributed by atoms with Crippen molar-refractivity contribution < 1.29 is 26.7 Å². The first kappa shape index (κ1) is 28.9. The minimum atomic E-state index is -4.52. The molecule has 3 aliphatic heterocycles. The van der Waals surface area contributed by atoms with E-state index in [1.807, 2.05) is 35.2 Å². The van der Waals surface area contributed by atoms with Crippen molar-refractivity contribution in [1.82, 2.24) is 10.2 Å². The smallest absolute Gasteiger partial charge is 0.401 e. The predicted octanol–water partition coefficient (Wildman–Crippen LogP) is 7.02. The van der Waals surface area contributed by atoms with Gasteiger partial charge in [0.1, 0.15) is 24.0 Å². The van der Waals surface area contributed by atoms with Crippen LogP contribution in [0, 0.1) is 17.0 Å². The Hall–Kier alpha value is -3.17. The summed E-state index contributed by atoms with van der Waals surface area (Å²) in [5, 5.41) is 3.44. The number of rotatable bonds is 6. The zero-order valence-electron chi connectivity index (χ0n) is 23.5. The highest BCUT2D eigenvalue weighted by atomic mass is 19.4. The van der Waals surface area contributed by atoms with Crippen LogP contribution >= 0.6 is 0 Å². The van der Waals surface area contributed by atoms with Crippen molar-refractivity contribution in [1.29, 1.82) is 0 Å². The number of halogens is 5. The molecule has 0 aromatic heterocycles. The molecule has 2 fully saturated rings. The quantitative estimate of drug-likeness (QED) is 0.315. The van der Waals surface area contributed by atoms with E-state index in [0.717, 1.165) is 54.8 Å². The lowest BCUT2D eigenvalue weighted by Crippen LogP contribution is -2.42. The molecule has 2 atom stereocenters. The van der Waals surface area contributed by atoms with Crippen molar-refractivity contribution in [2.24, 2.45) is 5.41 Å². The van der Waals surface area contributed by atoms with Crippen LogP contribution in [0.25, 0.3) is 0 Å². The molecule has 1 spiro atoms. The van der Waals surface area contributed by atoms with Gasteiger partial charge in [-0.05, 0) is 85.0 Å². The fourth-order valence-electron chi connectivity index (χ4n) is 6.97. The van der Waals surface area contributed by atoms with Crippen LogP contribution in [0.2, 0.25) is 0 Å². The number of benzene rings is 3. The van der Waals surface area contributed by atoms with Crippen molar-refractivity contribution in [2.45, 2.75) is 50.9 Å². The number of anilines is 1. The Morgan fingerprint density at radius 3 is 2.40 bits per heavy atom. The molecule has 6 rings (SSSR count). The molecule has 0 bridgehead atoms. The lowest BCUT2D eigenvalue weighted by atomic mass is 9.80. The summed E-state index contributed by atoms with van der Waals surface area (Å²) in [5.74, 6) is -1.07. The molecule has 0 saturated carbocycles. The van der Waals surface area contributed by atoms with E-state index < -0.39 is 30.4 Å². The summed E-state index contributed by atoms with van der Waals surface area (Å²) in [6, 6.07) is 16.1. The van der Waals surface area contributed by atoms with Gasteiger partial charge in [-0.15, -0.1) is 0 Å². The maximum absolute atomic E-state index is 15.9. The van der Waals surface area contributed by atoms with Crippen molar-refractivity contribution in [3.63, 3.8) is 0 Å². The molecule has 3 aliphatic rings. The van der Waals surface area contributed by atoms with E-state index in [-0.39, 0.29) is 17.5 Å². The Morgan fingerprint density at radius 2 is 1.69 bits per heavy atom. The Labute approximate surface area is 243 Å². The molecule has 0 aliphatic carbocycles. The molecule has 3 aromatic rings. The fraction of sp³-hybridized carbons (Fsp3) is 0.455. The highest BCUT2D eigenvalue weighted by molar-refractivity contribution is 5.52. The Bertz CT molecular complexity index is 1370. The van der Waals surface area contributed by atoms with E-state index in [0.29, 0.717) is 43.1 Å². The molecule has 2 saturated heterocycles. The van der Waals surface area contributed by atoms with Gasteiger partial charge in [0.15, 0.2) is 0 Å². The summed E-state index contributed by atoms with van der Waals surface area (Å²) in [5.41, 5.74) is 2.52. The van der Waals surface area contributed by atoms with Crippen LogP contribution < -0.4 is 15.0 Å². The molecule has 1 N–H and O–H groups in total. The third kappa shape index (κ3) is 6.27. The van der Waals surface area contributed by atoms with Gasteiger partial charge in [-0.25, -0.2) is 8.78 Å². The van der Waals surface area contributed by atoms with Crippen LogP contribution in [-0.4, -0.2) is 50.3 Å². The third-order valence-corrected chi connectivity index (χ3v) is 9.15. The highest BCUT2D eigenvalue weighted by Crippen LogP contribution is 2.42. The van der Waals surface area contributed by atoms with Crippen molar-refractivity contribution >= 4 is 5.69 Å². The maximum atomic E-state index is 15.9. The van der Waals surface area contributed by atoms with Gasteiger partial charge >= 0.3 is 6.18 Å². The zero-order valence-corrected chi connectivity index (χ0v) is 23.5. The van der Waals surface area contributed by atoms with Gasteiger partial charge in [0.25, 0.3) is 0 Å². The first-order chi connectivity index (χ1) is 20.2. The van der Waals surface area contributed by atoms with Crippen LogP contribution in [0.3, 0.4) is 0 Å². The van der Waals surface area contributed by atoms with E-state index in [1.54, 1.807) is 18.2 Å². The first-order valence-electron chi connectivity index (χ1n) is 14.7. The molecular weight excluding hydrogens is 549 g/mol. The molecule has 9 heteroatoms. The Morgan fingerprint density at radius 1 is 0.905 bits per heavy atom. The number of alkyl halides is 3. The highest BCUT2D eigenvalue weighted by Gasteiger charge is 2.40. The van der Waals surface area contributed by atoms with Crippen molar-refractivity contribution in [2.75, 3.05) is 44.2 Å². The number of hydrogen-bond donors (Lipinski definition) is 1. The molecule has 3 aromatic carbocycles. The third-order valence-electron chi connectivity index (χ3n) is 9.15. The summed E-state index contributed by atoms with van der Waals surface area (Å²) < 4.78 is 78.7. The second-order valence-corrected chi connectivity index (χ2v) is 12.0. The van der Waals surface area contributed by atoms with Gasteiger partial charge in [-0.1, -0.05) is 36.4 Å². The SMILES string of the molecule is Fc1cc(N2CCCC3(CCNC3)CC2)cc(F)c1C1c2ccc(OCc3ccccc3)cc2CCN1CC(F)(F)F. The van der Waals surface area contributed by atoms with Crippen LogP contribution in [0.1, 0.15) is 54.0 Å². The summed E-state index contributed by atoms with van der Waals surface area (Å²) in [7, 11) is 0. The average molecular weight is 586 g/mol. The molecule has 2 unspecified atom stereocenters. The lowest BCUT2D eigenvalue weighted by molar-refractivity contribution is -0.150. The average Bonchev–Trinajstić information content (AvgIpc) is 3.32. The number of ether oxygens (including phenoxy) is 1. The van der Waals surface area contributed by atoms with Gasteiger partial charge in [-0.3, -0.25) is 4.90 Å². The molecule has 0 amide bonds. The minimum absolute atomic E-state index is 0.0161. The van der Waals surface area contributed by atoms with Crippen molar-refractivity contribution in [3.8, 4) is 5.75 Å². The largest absolute Gasteiger partial charge is 0.489 e. The van der Waals surface area contributed by atoms with Gasteiger partial charge in [0.05, 0.1) is 12.6 Å². The molecule has 224 valence electrons.